The van der Waals surface area contributed by atoms with Crippen LogP contribution < -0.4 is 5.73 Å². The molecule has 1 aliphatic carbocycles. The molecule has 0 spiro atoms. The minimum absolute atomic E-state index is 0.205. The summed E-state index contributed by atoms with van der Waals surface area (Å²) in [7, 11) is 3.41. The molecular weight excluding hydrogens is 386 g/mol. The molecule has 3 N–H and O–H groups in total. The van der Waals surface area contributed by atoms with Crippen molar-refractivity contribution >= 4 is 33.9 Å². The molecule has 154 valence electrons. The number of benzene rings is 1. The number of ether oxygens (including phenoxy) is 1. The molecule has 0 radical (unpaired) electrons. The number of carbonyl (C=O) groups excluding carboxylic acids is 1. The van der Waals surface area contributed by atoms with E-state index in [1.165, 1.54) is 18.4 Å². The lowest BCUT2D eigenvalue weighted by atomic mass is 9.63. The lowest BCUT2D eigenvalue weighted by molar-refractivity contribution is -0.157. The first kappa shape index (κ1) is 19.9. The SMILES string of the molecule is COC(=O)[C@H]1CC[C@](O)(c2ncc(-c3cc(N)cc4c3ccn4C)s2)CC1(C)C. The van der Waals surface area contributed by atoms with Crippen molar-refractivity contribution in [2.45, 2.75) is 38.7 Å². The molecule has 0 aliphatic heterocycles. The topological polar surface area (TPSA) is 90.4 Å². The Morgan fingerprint density at radius 3 is 2.86 bits per heavy atom. The van der Waals surface area contributed by atoms with Crippen molar-refractivity contribution in [2.75, 3.05) is 12.8 Å². The third-order valence-electron chi connectivity index (χ3n) is 6.22. The second-order valence-electron chi connectivity index (χ2n) is 8.77. The van der Waals surface area contributed by atoms with Gasteiger partial charge in [-0.05, 0) is 42.9 Å². The number of aromatic nitrogens is 2. The van der Waals surface area contributed by atoms with Crippen LogP contribution in [-0.4, -0.2) is 27.7 Å². The van der Waals surface area contributed by atoms with Crippen molar-refractivity contribution < 1.29 is 14.6 Å². The second-order valence-corrected chi connectivity index (χ2v) is 9.80. The molecule has 6 nitrogen and oxygen atoms in total. The quantitative estimate of drug-likeness (QED) is 0.499. The summed E-state index contributed by atoms with van der Waals surface area (Å²) in [6.45, 7) is 4.03. The van der Waals surface area contributed by atoms with Crippen LogP contribution in [0.5, 0.6) is 0 Å². The molecular formula is C22H27N3O3S. The molecule has 1 aliphatic rings. The molecule has 0 saturated heterocycles. The summed E-state index contributed by atoms with van der Waals surface area (Å²) in [5, 5.41) is 13.2. The molecule has 29 heavy (non-hydrogen) atoms. The molecule has 1 aromatic carbocycles. The number of hydrogen-bond donors (Lipinski definition) is 2. The van der Waals surface area contributed by atoms with Crippen LogP contribution >= 0.6 is 11.3 Å². The zero-order valence-corrected chi connectivity index (χ0v) is 18.0. The number of fused-ring (bicyclic) bond motifs is 1. The van der Waals surface area contributed by atoms with E-state index in [1.54, 1.807) is 0 Å². The van der Waals surface area contributed by atoms with E-state index in [2.05, 4.69) is 11.1 Å². The summed E-state index contributed by atoms with van der Waals surface area (Å²) in [6.07, 6.45) is 5.36. The highest BCUT2D eigenvalue weighted by Gasteiger charge is 2.49. The zero-order chi connectivity index (χ0) is 21.0. The molecule has 1 fully saturated rings. The van der Waals surface area contributed by atoms with Gasteiger partial charge in [-0.3, -0.25) is 4.79 Å². The Hall–Kier alpha value is -2.38. The van der Waals surface area contributed by atoms with E-state index in [1.807, 2.05) is 50.0 Å². The fourth-order valence-electron chi connectivity index (χ4n) is 4.71. The average Bonchev–Trinajstić information content (AvgIpc) is 3.28. The summed E-state index contributed by atoms with van der Waals surface area (Å²) >= 11 is 1.50. The van der Waals surface area contributed by atoms with Crippen LogP contribution in [0.4, 0.5) is 5.69 Å². The van der Waals surface area contributed by atoms with Gasteiger partial charge in [0.25, 0.3) is 0 Å². The Morgan fingerprint density at radius 1 is 1.41 bits per heavy atom. The van der Waals surface area contributed by atoms with Gasteiger partial charge in [0, 0.05) is 36.1 Å². The first-order chi connectivity index (χ1) is 13.6. The fourth-order valence-corrected chi connectivity index (χ4v) is 5.77. The fraction of sp³-hybridized carbons (Fsp3) is 0.455. The van der Waals surface area contributed by atoms with Gasteiger partial charge in [-0.25, -0.2) is 4.98 Å². The largest absolute Gasteiger partial charge is 0.469 e. The maximum absolute atomic E-state index is 12.1. The van der Waals surface area contributed by atoms with Crippen LogP contribution in [0.25, 0.3) is 21.3 Å². The number of carbonyl (C=O) groups is 1. The maximum atomic E-state index is 12.1. The van der Waals surface area contributed by atoms with Gasteiger partial charge < -0.3 is 20.1 Å². The number of aryl methyl sites for hydroxylation is 1. The lowest BCUT2D eigenvalue weighted by Crippen LogP contribution is -2.45. The minimum Gasteiger partial charge on any atom is -0.469 e. The van der Waals surface area contributed by atoms with Crippen molar-refractivity contribution in [3.8, 4) is 10.4 Å². The number of nitrogen functional groups attached to an aromatic ring is 1. The summed E-state index contributed by atoms with van der Waals surface area (Å²) in [5.41, 5.74) is 7.49. The summed E-state index contributed by atoms with van der Waals surface area (Å²) in [4.78, 5) is 17.7. The van der Waals surface area contributed by atoms with Crippen molar-refractivity contribution in [3.05, 3.63) is 35.6 Å². The van der Waals surface area contributed by atoms with E-state index >= 15 is 0 Å². The summed E-state index contributed by atoms with van der Waals surface area (Å²) in [6, 6.07) is 6.00. The molecule has 0 bridgehead atoms. The van der Waals surface area contributed by atoms with Gasteiger partial charge in [0.2, 0.25) is 0 Å². The number of rotatable bonds is 3. The van der Waals surface area contributed by atoms with E-state index in [0.717, 1.165) is 21.3 Å². The van der Waals surface area contributed by atoms with E-state index in [0.29, 0.717) is 30.0 Å². The van der Waals surface area contributed by atoms with Crippen molar-refractivity contribution in [1.82, 2.24) is 9.55 Å². The van der Waals surface area contributed by atoms with Gasteiger partial charge >= 0.3 is 5.97 Å². The van der Waals surface area contributed by atoms with E-state index < -0.39 is 5.60 Å². The van der Waals surface area contributed by atoms with E-state index in [4.69, 9.17) is 10.5 Å². The molecule has 4 rings (SSSR count). The molecule has 2 atom stereocenters. The Kier molecular flexibility index (Phi) is 4.70. The number of nitrogens with zero attached hydrogens (tertiary/aromatic N) is 2. The number of nitrogens with two attached hydrogens (primary N) is 1. The first-order valence-corrected chi connectivity index (χ1v) is 10.6. The number of anilines is 1. The lowest BCUT2D eigenvalue weighted by Gasteiger charge is -2.44. The van der Waals surface area contributed by atoms with Crippen molar-refractivity contribution in [2.24, 2.45) is 18.4 Å². The Labute approximate surface area is 174 Å². The predicted molar refractivity (Wildman–Crippen MR) is 115 cm³/mol. The van der Waals surface area contributed by atoms with E-state index in [9.17, 15) is 9.90 Å². The van der Waals surface area contributed by atoms with Gasteiger partial charge in [0.1, 0.15) is 10.6 Å². The van der Waals surface area contributed by atoms with Crippen LogP contribution in [0.15, 0.2) is 30.6 Å². The number of thiazole rings is 1. The molecule has 2 aromatic heterocycles. The predicted octanol–water partition coefficient (Wildman–Crippen LogP) is 4.07. The average molecular weight is 414 g/mol. The van der Waals surface area contributed by atoms with Gasteiger partial charge in [-0.2, -0.15) is 0 Å². The molecule has 0 amide bonds. The molecule has 3 aromatic rings. The highest BCUT2D eigenvalue weighted by Crippen LogP contribution is 2.51. The van der Waals surface area contributed by atoms with Gasteiger partial charge in [-0.1, -0.05) is 13.8 Å². The monoisotopic (exact) mass is 413 g/mol. The van der Waals surface area contributed by atoms with Gasteiger partial charge in [0.05, 0.1) is 23.4 Å². The Morgan fingerprint density at radius 2 is 2.17 bits per heavy atom. The number of hydrogen-bond acceptors (Lipinski definition) is 6. The molecule has 1 saturated carbocycles. The standard InChI is InChI=1S/C22H27N3O3S/c1-21(2)12-22(27,7-5-16(21)19(26)28-4)20-24-11-18(29-20)15-9-13(23)10-17-14(15)6-8-25(17)3/h6,8-11,16,27H,5,7,12,23H2,1-4H3/t16-,22-/m1/s1. The number of methoxy groups -OCH3 is 1. The first-order valence-electron chi connectivity index (χ1n) is 9.76. The second kappa shape index (κ2) is 6.85. The van der Waals surface area contributed by atoms with Crippen LogP contribution in [-0.2, 0) is 22.2 Å². The highest BCUT2D eigenvalue weighted by atomic mass is 32.1. The highest BCUT2D eigenvalue weighted by molar-refractivity contribution is 7.15. The number of aliphatic hydroxyl groups is 1. The Balaban J connectivity index is 1.69. The zero-order valence-electron chi connectivity index (χ0n) is 17.2. The summed E-state index contributed by atoms with van der Waals surface area (Å²) in [5.74, 6) is -0.423. The van der Waals surface area contributed by atoms with Crippen LogP contribution in [0, 0.1) is 11.3 Å². The third kappa shape index (κ3) is 3.32. The summed E-state index contributed by atoms with van der Waals surface area (Å²) < 4.78 is 7.01. The van der Waals surface area contributed by atoms with Crippen LogP contribution in [0.2, 0.25) is 0 Å². The van der Waals surface area contributed by atoms with Crippen LogP contribution in [0.3, 0.4) is 0 Å². The number of esters is 1. The maximum Gasteiger partial charge on any atom is 0.309 e. The molecule has 2 heterocycles. The van der Waals surface area contributed by atoms with E-state index in [-0.39, 0.29) is 17.3 Å². The van der Waals surface area contributed by atoms with Gasteiger partial charge in [-0.15, -0.1) is 11.3 Å². The Bertz CT molecular complexity index is 1080. The van der Waals surface area contributed by atoms with Crippen molar-refractivity contribution in [3.63, 3.8) is 0 Å². The smallest absolute Gasteiger partial charge is 0.309 e. The molecule has 7 heteroatoms. The van der Waals surface area contributed by atoms with Gasteiger partial charge in [0.15, 0.2) is 0 Å². The molecule has 0 unspecified atom stereocenters. The van der Waals surface area contributed by atoms with Crippen molar-refractivity contribution in [1.29, 1.82) is 0 Å². The van der Waals surface area contributed by atoms with Crippen LogP contribution in [0.1, 0.15) is 38.1 Å². The minimum atomic E-state index is -1.05. The third-order valence-corrected chi connectivity index (χ3v) is 7.44. The normalized spacial score (nSPS) is 24.0.